The molecule has 0 aliphatic carbocycles. The van der Waals surface area contributed by atoms with Gasteiger partial charge in [0, 0.05) is 44.4 Å². The standard InChI is InChI=1S/C19H33N5O2S/c1-13(2)16-22-15(12-27-16)7-9-21-17(20-6)24-10-8-14(11-24)23-18(25)26-19(3,4)5/h12-14H,7-11H2,1-6H3,(H,20,21)(H,23,25). The number of rotatable bonds is 5. The van der Waals surface area contributed by atoms with Crippen LogP contribution in [0.1, 0.15) is 57.7 Å². The van der Waals surface area contributed by atoms with E-state index in [-0.39, 0.29) is 12.1 Å². The number of amides is 1. The fourth-order valence-electron chi connectivity index (χ4n) is 2.88. The number of alkyl carbamates (subject to hydrolysis) is 1. The number of aliphatic imine (C=N–C) groups is 1. The first-order valence-electron chi connectivity index (χ1n) is 9.57. The number of guanidine groups is 1. The SMILES string of the molecule is CN=C(NCCc1csc(C(C)C)n1)N1CCC(NC(=O)OC(C)(C)C)C1. The average Bonchev–Trinajstić information content (AvgIpc) is 3.19. The number of nitrogens with zero attached hydrogens (tertiary/aromatic N) is 3. The highest BCUT2D eigenvalue weighted by Crippen LogP contribution is 2.19. The number of likely N-dealkylation sites (tertiary alicyclic amines) is 1. The number of hydrogen-bond acceptors (Lipinski definition) is 5. The fraction of sp³-hybridized carbons (Fsp3) is 0.737. The van der Waals surface area contributed by atoms with Crippen molar-refractivity contribution in [2.45, 2.75) is 65.0 Å². The number of aromatic nitrogens is 1. The van der Waals surface area contributed by atoms with Crippen LogP contribution in [-0.4, -0.2) is 60.3 Å². The smallest absolute Gasteiger partial charge is 0.407 e. The van der Waals surface area contributed by atoms with Crippen LogP contribution >= 0.6 is 11.3 Å². The van der Waals surface area contributed by atoms with Crippen molar-refractivity contribution < 1.29 is 9.53 Å². The van der Waals surface area contributed by atoms with Gasteiger partial charge in [-0.2, -0.15) is 0 Å². The van der Waals surface area contributed by atoms with Gasteiger partial charge in [0.1, 0.15) is 5.60 Å². The minimum Gasteiger partial charge on any atom is -0.444 e. The normalized spacial score (nSPS) is 18.1. The van der Waals surface area contributed by atoms with E-state index < -0.39 is 5.60 Å². The van der Waals surface area contributed by atoms with E-state index in [9.17, 15) is 4.79 Å². The molecule has 1 fully saturated rings. The molecule has 0 spiro atoms. The van der Waals surface area contributed by atoms with E-state index in [2.05, 4.69) is 44.7 Å². The summed E-state index contributed by atoms with van der Waals surface area (Å²) in [6.45, 7) is 12.3. The largest absolute Gasteiger partial charge is 0.444 e. The first-order valence-corrected chi connectivity index (χ1v) is 10.5. The van der Waals surface area contributed by atoms with Crippen LogP contribution in [0, 0.1) is 0 Å². The lowest BCUT2D eigenvalue weighted by atomic mass is 10.2. The molecule has 0 radical (unpaired) electrons. The summed E-state index contributed by atoms with van der Waals surface area (Å²) >= 11 is 1.73. The third-order valence-corrected chi connectivity index (χ3v) is 5.34. The maximum Gasteiger partial charge on any atom is 0.407 e. The number of carbonyl (C=O) groups is 1. The van der Waals surface area contributed by atoms with Gasteiger partial charge in [-0.25, -0.2) is 9.78 Å². The molecule has 8 heteroatoms. The molecule has 0 aromatic carbocycles. The Morgan fingerprint density at radius 1 is 1.48 bits per heavy atom. The molecule has 2 heterocycles. The van der Waals surface area contributed by atoms with Crippen LogP contribution in [-0.2, 0) is 11.2 Å². The summed E-state index contributed by atoms with van der Waals surface area (Å²) in [7, 11) is 1.79. The maximum absolute atomic E-state index is 11.9. The summed E-state index contributed by atoms with van der Waals surface area (Å²) in [5.41, 5.74) is 0.642. The fourth-order valence-corrected chi connectivity index (χ4v) is 3.75. The number of thiazole rings is 1. The van der Waals surface area contributed by atoms with Crippen LogP contribution in [0.5, 0.6) is 0 Å². The van der Waals surface area contributed by atoms with Gasteiger partial charge in [0.15, 0.2) is 5.96 Å². The summed E-state index contributed by atoms with van der Waals surface area (Å²) in [6, 6.07) is 0.0746. The molecule has 2 N–H and O–H groups in total. The Labute approximate surface area is 166 Å². The summed E-state index contributed by atoms with van der Waals surface area (Å²) in [6.07, 6.45) is 1.39. The lowest BCUT2D eigenvalue weighted by molar-refractivity contribution is 0.0507. The number of ether oxygens (including phenoxy) is 1. The van der Waals surface area contributed by atoms with Crippen LogP contribution in [0.4, 0.5) is 4.79 Å². The molecule has 27 heavy (non-hydrogen) atoms. The number of nitrogens with one attached hydrogen (secondary N) is 2. The molecule has 1 aliphatic rings. The van der Waals surface area contributed by atoms with Gasteiger partial charge in [0.05, 0.1) is 16.7 Å². The number of hydrogen-bond donors (Lipinski definition) is 2. The van der Waals surface area contributed by atoms with E-state index >= 15 is 0 Å². The first-order chi connectivity index (χ1) is 12.7. The van der Waals surface area contributed by atoms with Gasteiger partial charge in [-0.1, -0.05) is 13.8 Å². The van der Waals surface area contributed by atoms with Crippen LogP contribution in [0.2, 0.25) is 0 Å². The molecule has 1 aliphatic heterocycles. The maximum atomic E-state index is 11.9. The molecule has 1 atom stereocenters. The van der Waals surface area contributed by atoms with Crippen molar-refractivity contribution in [3.63, 3.8) is 0 Å². The van der Waals surface area contributed by atoms with Crippen molar-refractivity contribution in [1.82, 2.24) is 20.5 Å². The Morgan fingerprint density at radius 3 is 2.81 bits per heavy atom. The Kier molecular flexibility index (Phi) is 7.47. The summed E-state index contributed by atoms with van der Waals surface area (Å²) in [5, 5.41) is 9.67. The molecule has 1 saturated heterocycles. The Balaban J connectivity index is 1.76. The zero-order chi connectivity index (χ0) is 20.0. The molecular weight excluding hydrogens is 362 g/mol. The second-order valence-corrected chi connectivity index (χ2v) is 9.02. The Bertz CT molecular complexity index is 651. The highest BCUT2D eigenvalue weighted by Gasteiger charge is 2.27. The van der Waals surface area contributed by atoms with Crippen molar-refractivity contribution in [3.05, 3.63) is 16.1 Å². The van der Waals surface area contributed by atoms with E-state index in [1.807, 2.05) is 20.8 Å². The van der Waals surface area contributed by atoms with E-state index in [4.69, 9.17) is 4.74 Å². The zero-order valence-corrected chi connectivity index (χ0v) is 18.2. The van der Waals surface area contributed by atoms with Crippen molar-refractivity contribution in [2.75, 3.05) is 26.7 Å². The van der Waals surface area contributed by atoms with Crippen molar-refractivity contribution in [1.29, 1.82) is 0 Å². The van der Waals surface area contributed by atoms with Crippen LogP contribution in [0.15, 0.2) is 10.4 Å². The molecule has 1 amide bonds. The highest BCUT2D eigenvalue weighted by atomic mass is 32.1. The summed E-state index contributed by atoms with van der Waals surface area (Å²) in [5.74, 6) is 1.34. The summed E-state index contributed by atoms with van der Waals surface area (Å²) in [4.78, 5) is 23.1. The molecule has 0 bridgehead atoms. The van der Waals surface area contributed by atoms with Gasteiger partial charge >= 0.3 is 6.09 Å². The van der Waals surface area contributed by atoms with E-state index in [1.54, 1.807) is 18.4 Å². The lowest BCUT2D eigenvalue weighted by Gasteiger charge is -2.23. The molecule has 2 rings (SSSR count). The predicted octanol–water partition coefficient (Wildman–Crippen LogP) is 2.98. The van der Waals surface area contributed by atoms with Gasteiger partial charge in [-0.3, -0.25) is 4.99 Å². The third-order valence-electron chi connectivity index (χ3n) is 4.15. The second-order valence-electron chi connectivity index (χ2n) is 8.13. The minimum absolute atomic E-state index is 0.0746. The van der Waals surface area contributed by atoms with E-state index in [0.29, 0.717) is 5.92 Å². The predicted molar refractivity (Wildman–Crippen MR) is 111 cm³/mol. The van der Waals surface area contributed by atoms with Gasteiger partial charge in [-0.15, -0.1) is 11.3 Å². The molecule has 7 nitrogen and oxygen atoms in total. The van der Waals surface area contributed by atoms with Crippen molar-refractivity contribution in [3.8, 4) is 0 Å². The Morgan fingerprint density at radius 2 is 2.22 bits per heavy atom. The zero-order valence-electron chi connectivity index (χ0n) is 17.3. The van der Waals surface area contributed by atoms with Crippen molar-refractivity contribution in [2.24, 2.45) is 4.99 Å². The average molecular weight is 396 g/mol. The monoisotopic (exact) mass is 395 g/mol. The quantitative estimate of drug-likeness (QED) is 0.592. The van der Waals surface area contributed by atoms with Gasteiger partial charge in [0.2, 0.25) is 0 Å². The Hall–Kier alpha value is -1.83. The number of carbonyl (C=O) groups excluding carboxylic acids is 1. The van der Waals surface area contributed by atoms with E-state index in [1.165, 1.54) is 5.01 Å². The first kappa shape index (κ1) is 21.5. The van der Waals surface area contributed by atoms with E-state index in [0.717, 1.165) is 44.1 Å². The van der Waals surface area contributed by atoms with Gasteiger partial charge < -0.3 is 20.3 Å². The molecule has 1 aromatic rings. The molecule has 1 unspecified atom stereocenters. The van der Waals surface area contributed by atoms with Gasteiger partial charge in [-0.05, 0) is 27.2 Å². The van der Waals surface area contributed by atoms with Crippen LogP contribution in [0.3, 0.4) is 0 Å². The second kappa shape index (κ2) is 9.39. The minimum atomic E-state index is -0.481. The lowest BCUT2D eigenvalue weighted by Crippen LogP contribution is -2.44. The molecule has 1 aromatic heterocycles. The van der Waals surface area contributed by atoms with Crippen molar-refractivity contribution >= 4 is 23.4 Å². The topological polar surface area (TPSA) is 78.9 Å². The third kappa shape index (κ3) is 7.01. The molecular formula is C19H33N5O2S. The van der Waals surface area contributed by atoms with Gasteiger partial charge in [0.25, 0.3) is 0 Å². The molecule has 152 valence electrons. The highest BCUT2D eigenvalue weighted by molar-refractivity contribution is 7.09. The summed E-state index contributed by atoms with van der Waals surface area (Å²) < 4.78 is 5.33. The molecule has 0 saturated carbocycles. The van der Waals surface area contributed by atoms with Crippen LogP contribution in [0.25, 0.3) is 0 Å². The van der Waals surface area contributed by atoms with Crippen LogP contribution < -0.4 is 10.6 Å².